The Balaban J connectivity index is 2.36. The van der Waals surface area contributed by atoms with Crippen LogP contribution in [0.2, 0.25) is 5.02 Å². The summed E-state index contributed by atoms with van der Waals surface area (Å²) in [5, 5.41) is 3.55. The molecule has 0 unspecified atom stereocenters. The minimum atomic E-state index is 0.676. The largest absolute Gasteiger partial charge is 0.337 e. The highest BCUT2D eigenvalue weighted by atomic mass is 35.5. The van der Waals surface area contributed by atoms with E-state index in [9.17, 15) is 0 Å². The Labute approximate surface area is 104 Å². The molecule has 1 N–H and O–H groups in total. The van der Waals surface area contributed by atoms with E-state index in [4.69, 9.17) is 23.8 Å². The zero-order valence-electron chi connectivity index (χ0n) is 8.22. The Morgan fingerprint density at radius 1 is 1.19 bits per heavy atom. The van der Waals surface area contributed by atoms with E-state index in [1.165, 1.54) is 11.8 Å². The molecule has 1 aromatic carbocycles. The number of halogens is 1. The van der Waals surface area contributed by atoms with Gasteiger partial charge in [0.05, 0.1) is 11.2 Å². The lowest BCUT2D eigenvalue weighted by atomic mass is 10.1. The molecule has 1 aromatic heterocycles. The number of rotatable bonds is 3. The Bertz CT molecular complexity index is 499. The molecule has 0 radical (unpaired) electrons. The van der Waals surface area contributed by atoms with Gasteiger partial charge < -0.3 is 5.32 Å². The van der Waals surface area contributed by atoms with Crippen molar-refractivity contribution in [2.24, 2.45) is 0 Å². The standard InChI is InChI=1S/C11H8ClN3S/c12-9-3-1-8(2-4-9)10-5-11(15-7-16)14-6-13-10/h1-7H,(H,13,14,15,16). The molecule has 0 aliphatic rings. The molecule has 0 fully saturated rings. The maximum absolute atomic E-state index is 5.82. The summed E-state index contributed by atoms with van der Waals surface area (Å²) in [4.78, 5) is 8.21. The third-order valence-corrected chi connectivity index (χ3v) is 2.38. The summed E-state index contributed by atoms with van der Waals surface area (Å²) in [5.74, 6) is 0.676. The van der Waals surface area contributed by atoms with Crippen LogP contribution in [0.5, 0.6) is 0 Å². The number of anilines is 1. The normalized spacial score (nSPS) is 9.81. The molecular formula is C11H8ClN3S. The Morgan fingerprint density at radius 3 is 2.62 bits per heavy atom. The Morgan fingerprint density at radius 2 is 1.94 bits per heavy atom. The fraction of sp³-hybridized carbons (Fsp3) is 0. The van der Waals surface area contributed by atoms with Crippen LogP contribution < -0.4 is 5.32 Å². The van der Waals surface area contributed by atoms with E-state index in [0.29, 0.717) is 10.8 Å². The summed E-state index contributed by atoms with van der Waals surface area (Å²) in [6.45, 7) is 0. The van der Waals surface area contributed by atoms with Crippen LogP contribution in [0.1, 0.15) is 0 Å². The molecule has 0 atom stereocenters. The maximum Gasteiger partial charge on any atom is 0.134 e. The van der Waals surface area contributed by atoms with Crippen molar-refractivity contribution in [1.29, 1.82) is 0 Å². The van der Waals surface area contributed by atoms with Gasteiger partial charge >= 0.3 is 0 Å². The second-order valence-electron chi connectivity index (χ2n) is 3.06. The van der Waals surface area contributed by atoms with E-state index < -0.39 is 0 Å². The fourth-order valence-electron chi connectivity index (χ4n) is 1.28. The van der Waals surface area contributed by atoms with Gasteiger partial charge in [-0.2, -0.15) is 0 Å². The van der Waals surface area contributed by atoms with Crippen molar-refractivity contribution < 1.29 is 0 Å². The molecule has 5 heteroatoms. The third-order valence-electron chi connectivity index (χ3n) is 2.01. The van der Waals surface area contributed by atoms with Crippen LogP contribution in [0.4, 0.5) is 5.82 Å². The van der Waals surface area contributed by atoms with Gasteiger partial charge in [0.25, 0.3) is 0 Å². The second kappa shape index (κ2) is 5.01. The summed E-state index contributed by atoms with van der Waals surface area (Å²) in [5.41, 5.74) is 3.22. The molecule has 0 aliphatic heterocycles. The van der Waals surface area contributed by atoms with E-state index >= 15 is 0 Å². The van der Waals surface area contributed by atoms with Gasteiger partial charge in [0, 0.05) is 16.7 Å². The van der Waals surface area contributed by atoms with Gasteiger partial charge in [0.15, 0.2) is 0 Å². The number of nitrogens with one attached hydrogen (secondary N) is 1. The van der Waals surface area contributed by atoms with Crippen molar-refractivity contribution >= 4 is 35.1 Å². The molecule has 3 nitrogen and oxygen atoms in total. The second-order valence-corrected chi connectivity index (χ2v) is 3.73. The quantitative estimate of drug-likeness (QED) is 0.848. The number of benzene rings is 1. The van der Waals surface area contributed by atoms with Gasteiger partial charge in [0.2, 0.25) is 0 Å². The molecular weight excluding hydrogens is 242 g/mol. The zero-order valence-corrected chi connectivity index (χ0v) is 9.79. The van der Waals surface area contributed by atoms with Gasteiger partial charge in [-0.1, -0.05) is 36.0 Å². The first kappa shape index (κ1) is 11.0. The number of thiocarbonyl (C=S) groups is 1. The predicted octanol–water partition coefficient (Wildman–Crippen LogP) is 3.17. The lowest BCUT2D eigenvalue weighted by Crippen LogP contribution is -1.96. The van der Waals surface area contributed by atoms with Crippen molar-refractivity contribution in [1.82, 2.24) is 9.97 Å². The lowest BCUT2D eigenvalue weighted by Gasteiger charge is -2.03. The summed E-state index contributed by atoms with van der Waals surface area (Å²) in [6.07, 6.45) is 1.49. The van der Waals surface area contributed by atoms with E-state index in [1.807, 2.05) is 30.3 Å². The molecule has 0 saturated heterocycles. The minimum absolute atomic E-state index is 0.676. The molecule has 0 bridgehead atoms. The van der Waals surface area contributed by atoms with Crippen molar-refractivity contribution in [3.05, 3.63) is 41.7 Å². The molecule has 2 rings (SSSR count). The van der Waals surface area contributed by atoms with Gasteiger partial charge in [-0.3, -0.25) is 0 Å². The van der Waals surface area contributed by atoms with Crippen LogP contribution >= 0.6 is 23.8 Å². The van der Waals surface area contributed by atoms with Gasteiger partial charge in [0.1, 0.15) is 12.1 Å². The van der Waals surface area contributed by atoms with E-state index in [0.717, 1.165) is 11.3 Å². The van der Waals surface area contributed by atoms with Gasteiger partial charge in [-0.15, -0.1) is 0 Å². The summed E-state index contributed by atoms with van der Waals surface area (Å²) in [6, 6.07) is 9.29. The average Bonchev–Trinajstić information content (AvgIpc) is 2.31. The van der Waals surface area contributed by atoms with Crippen molar-refractivity contribution in [3.63, 3.8) is 0 Å². The number of hydrogen-bond acceptors (Lipinski definition) is 3. The smallest absolute Gasteiger partial charge is 0.134 e. The van der Waals surface area contributed by atoms with Crippen molar-refractivity contribution in [2.75, 3.05) is 5.32 Å². The molecule has 16 heavy (non-hydrogen) atoms. The van der Waals surface area contributed by atoms with E-state index in [1.54, 1.807) is 0 Å². The molecule has 0 saturated carbocycles. The first-order chi connectivity index (χ1) is 7.79. The van der Waals surface area contributed by atoms with Crippen LogP contribution in [0.3, 0.4) is 0 Å². The number of hydrogen-bond donors (Lipinski definition) is 1. The van der Waals surface area contributed by atoms with Crippen LogP contribution in [0.15, 0.2) is 36.7 Å². The Kier molecular flexibility index (Phi) is 3.44. The molecule has 0 amide bonds. The Hall–Kier alpha value is -1.52. The fourth-order valence-corrected chi connectivity index (χ4v) is 1.52. The zero-order chi connectivity index (χ0) is 11.4. The van der Waals surface area contributed by atoms with Crippen LogP contribution in [0.25, 0.3) is 11.3 Å². The maximum atomic E-state index is 5.82. The third kappa shape index (κ3) is 2.53. The van der Waals surface area contributed by atoms with Crippen molar-refractivity contribution in [3.8, 4) is 11.3 Å². The molecule has 80 valence electrons. The monoisotopic (exact) mass is 249 g/mol. The van der Waals surface area contributed by atoms with Gasteiger partial charge in [-0.05, 0) is 12.1 Å². The molecule has 2 aromatic rings. The average molecular weight is 250 g/mol. The summed E-state index contributed by atoms with van der Waals surface area (Å²) < 4.78 is 0. The van der Waals surface area contributed by atoms with E-state index in [2.05, 4.69) is 15.3 Å². The predicted molar refractivity (Wildman–Crippen MR) is 69.8 cm³/mol. The van der Waals surface area contributed by atoms with Gasteiger partial charge in [-0.25, -0.2) is 9.97 Å². The number of nitrogens with zero attached hydrogens (tertiary/aromatic N) is 2. The topological polar surface area (TPSA) is 37.8 Å². The lowest BCUT2D eigenvalue weighted by molar-refractivity contribution is 1.18. The van der Waals surface area contributed by atoms with E-state index in [-0.39, 0.29) is 0 Å². The highest BCUT2D eigenvalue weighted by molar-refractivity contribution is 7.79. The highest BCUT2D eigenvalue weighted by Crippen LogP contribution is 2.20. The minimum Gasteiger partial charge on any atom is -0.337 e. The molecule has 0 spiro atoms. The summed E-state index contributed by atoms with van der Waals surface area (Å²) in [7, 11) is 0. The first-order valence-electron chi connectivity index (χ1n) is 4.58. The SMILES string of the molecule is S=CNc1cc(-c2ccc(Cl)cc2)ncn1. The molecule has 1 heterocycles. The number of aromatic nitrogens is 2. The molecule has 0 aliphatic carbocycles. The van der Waals surface area contributed by atoms with Crippen molar-refractivity contribution in [2.45, 2.75) is 0 Å². The van der Waals surface area contributed by atoms with Crippen LogP contribution in [0, 0.1) is 0 Å². The first-order valence-corrected chi connectivity index (χ1v) is 5.43. The van der Waals surface area contributed by atoms with Crippen LogP contribution in [-0.2, 0) is 0 Å². The summed E-state index contributed by atoms with van der Waals surface area (Å²) >= 11 is 10.5. The highest BCUT2D eigenvalue weighted by Gasteiger charge is 2.00. The van der Waals surface area contributed by atoms with Crippen LogP contribution in [-0.4, -0.2) is 15.5 Å².